The summed E-state index contributed by atoms with van der Waals surface area (Å²) in [5.74, 6) is 1.91. The third kappa shape index (κ3) is 4.65. The Balaban J connectivity index is 1.64. The molecule has 0 saturated carbocycles. The first kappa shape index (κ1) is 17.2. The van der Waals surface area contributed by atoms with Crippen molar-refractivity contribution in [3.8, 4) is 0 Å². The lowest BCUT2D eigenvalue weighted by Crippen LogP contribution is -2.26. The second-order valence-electron chi connectivity index (χ2n) is 4.81. The summed E-state index contributed by atoms with van der Waals surface area (Å²) in [6, 6.07) is 0. The van der Waals surface area contributed by atoms with Crippen LogP contribution >= 0.6 is 95.6 Å². The molecule has 2 aliphatic heterocycles. The average molecular weight is 395 g/mol. The number of thiol groups is 4. The van der Waals surface area contributed by atoms with Crippen LogP contribution in [0.4, 0.5) is 0 Å². The third-order valence-electron chi connectivity index (χ3n) is 2.96. The molecule has 2 aliphatic rings. The predicted molar refractivity (Wildman–Crippen MR) is 108 cm³/mol. The zero-order valence-corrected chi connectivity index (χ0v) is 17.0. The Morgan fingerprint density at radius 3 is 1.33 bits per heavy atom. The molecule has 0 aliphatic carbocycles. The van der Waals surface area contributed by atoms with Crippen LogP contribution in [0.1, 0.15) is 13.8 Å². The van der Waals surface area contributed by atoms with Crippen LogP contribution in [-0.4, -0.2) is 40.7 Å². The van der Waals surface area contributed by atoms with Crippen molar-refractivity contribution in [2.75, 3.05) is 11.5 Å². The third-order valence-corrected chi connectivity index (χ3v) is 11.8. The fourth-order valence-corrected chi connectivity index (χ4v) is 10.1. The van der Waals surface area contributed by atoms with Gasteiger partial charge in [-0.25, -0.2) is 0 Å². The lowest BCUT2D eigenvalue weighted by atomic mass is 10.3. The topological polar surface area (TPSA) is 0 Å². The van der Waals surface area contributed by atoms with Crippen LogP contribution < -0.4 is 0 Å². The molecule has 0 aromatic heterocycles. The Kier molecular flexibility index (Phi) is 6.20. The van der Waals surface area contributed by atoms with Crippen molar-refractivity contribution >= 4 is 95.6 Å². The van der Waals surface area contributed by atoms with Gasteiger partial charge in [0.15, 0.2) is 0 Å². The number of thioether (sulfide) groups is 2. The van der Waals surface area contributed by atoms with Gasteiger partial charge in [-0.15, -0.1) is 0 Å². The van der Waals surface area contributed by atoms with E-state index in [9.17, 15) is 0 Å². The molecule has 0 spiro atoms. The van der Waals surface area contributed by atoms with E-state index in [4.69, 9.17) is 0 Å². The van der Waals surface area contributed by atoms with E-state index in [2.05, 4.69) is 64.4 Å². The molecule has 2 heterocycles. The first-order valence-electron chi connectivity index (χ1n) is 5.69. The van der Waals surface area contributed by atoms with Crippen molar-refractivity contribution < 1.29 is 0 Å². The summed E-state index contributed by atoms with van der Waals surface area (Å²) >= 11 is 22.7. The minimum absolute atomic E-state index is 0.154. The highest BCUT2D eigenvalue weighted by Crippen LogP contribution is 2.56. The maximum absolute atomic E-state index is 4.68. The number of rotatable bonds is 7. The monoisotopic (exact) mass is 394 g/mol. The van der Waals surface area contributed by atoms with E-state index >= 15 is 0 Å². The van der Waals surface area contributed by atoms with Crippen molar-refractivity contribution in [1.82, 2.24) is 0 Å². The molecule has 4 unspecified atom stereocenters. The van der Waals surface area contributed by atoms with E-state index in [1.165, 1.54) is 0 Å². The highest BCUT2D eigenvalue weighted by molar-refractivity contribution is 8.77. The maximum Gasteiger partial charge on any atom is 0.0778 e. The second kappa shape index (κ2) is 6.50. The molecule has 0 aromatic carbocycles. The van der Waals surface area contributed by atoms with E-state index in [-0.39, 0.29) is 8.16 Å². The Morgan fingerprint density at radius 1 is 0.833 bits per heavy atom. The van der Waals surface area contributed by atoms with Crippen LogP contribution in [0.2, 0.25) is 0 Å². The summed E-state index contributed by atoms with van der Waals surface area (Å²) in [6.45, 7) is 4.49. The largest absolute Gasteiger partial charge is 0.160 e. The van der Waals surface area contributed by atoms with Crippen LogP contribution in [0, 0.1) is 0 Å². The summed E-state index contributed by atoms with van der Waals surface area (Å²) in [7, 11) is 3.69. The summed E-state index contributed by atoms with van der Waals surface area (Å²) in [6.07, 6.45) is 0. The lowest BCUT2D eigenvalue weighted by Gasteiger charge is -2.23. The number of hydrogen-bond acceptors (Lipinski definition) is 8. The fourth-order valence-electron chi connectivity index (χ4n) is 1.76. The lowest BCUT2D eigenvalue weighted by molar-refractivity contribution is 0.880. The second-order valence-corrected chi connectivity index (χ2v) is 14.2. The van der Waals surface area contributed by atoms with E-state index in [0.29, 0.717) is 21.0 Å². The molecular weight excluding hydrogens is 377 g/mol. The molecule has 0 nitrogen and oxygen atoms in total. The van der Waals surface area contributed by atoms with Gasteiger partial charge in [-0.2, -0.15) is 74.0 Å². The zero-order chi connectivity index (χ0) is 13.6. The quantitative estimate of drug-likeness (QED) is 0.165. The summed E-state index contributed by atoms with van der Waals surface area (Å²) in [4.78, 5) is 0. The predicted octanol–water partition coefficient (Wildman–Crippen LogP) is 4.49. The first-order chi connectivity index (χ1) is 8.24. The zero-order valence-electron chi connectivity index (χ0n) is 10.1. The van der Waals surface area contributed by atoms with Gasteiger partial charge in [0.2, 0.25) is 0 Å². The van der Waals surface area contributed by atoms with Gasteiger partial charge in [0.1, 0.15) is 0 Å². The van der Waals surface area contributed by atoms with E-state index < -0.39 is 0 Å². The highest BCUT2D eigenvalue weighted by atomic mass is 33.1. The van der Waals surface area contributed by atoms with Gasteiger partial charge < -0.3 is 0 Å². The van der Waals surface area contributed by atoms with Crippen molar-refractivity contribution in [1.29, 1.82) is 0 Å². The van der Waals surface area contributed by atoms with E-state index in [0.717, 1.165) is 11.5 Å². The summed E-state index contributed by atoms with van der Waals surface area (Å²) < 4.78 is -0.307. The Hall–Kier alpha value is 2.80. The van der Waals surface area contributed by atoms with E-state index in [1.807, 2.05) is 45.1 Å². The SMILES string of the molecule is CC1SC1C(S)(S)CSSCC(S)(S)C1SC1C. The van der Waals surface area contributed by atoms with Gasteiger partial charge in [-0.3, -0.25) is 0 Å². The van der Waals surface area contributed by atoms with Crippen LogP contribution in [0.25, 0.3) is 0 Å². The van der Waals surface area contributed by atoms with Gasteiger partial charge in [0.25, 0.3) is 0 Å². The molecule has 2 fully saturated rings. The van der Waals surface area contributed by atoms with Crippen molar-refractivity contribution in [2.45, 2.75) is 43.0 Å². The molecule has 18 heavy (non-hydrogen) atoms. The van der Waals surface area contributed by atoms with Gasteiger partial charge in [0, 0.05) is 32.5 Å². The van der Waals surface area contributed by atoms with Crippen LogP contribution in [0.15, 0.2) is 0 Å². The molecule has 4 atom stereocenters. The van der Waals surface area contributed by atoms with Crippen molar-refractivity contribution in [3.63, 3.8) is 0 Å². The molecule has 0 amide bonds. The first-order valence-corrected chi connectivity index (χ1v) is 11.8. The molecule has 2 saturated heterocycles. The van der Waals surface area contributed by atoms with Crippen LogP contribution in [0.3, 0.4) is 0 Å². The minimum atomic E-state index is -0.154. The van der Waals surface area contributed by atoms with Gasteiger partial charge in [0.05, 0.1) is 8.16 Å². The fraction of sp³-hybridized carbons (Fsp3) is 1.00. The van der Waals surface area contributed by atoms with Crippen LogP contribution in [-0.2, 0) is 0 Å². The molecule has 0 N–H and O–H groups in total. The van der Waals surface area contributed by atoms with E-state index in [1.54, 1.807) is 0 Å². The van der Waals surface area contributed by atoms with Crippen LogP contribution in [0.5, 0.6) is 0 Å². The summed E-state index contributed by atoms with van der Waals surface area (Å²) in [5, 5.41) is 2.60. The standard InChI is InChI=1S/C10H18S8/c1-5-7(17-5)9(11,12)3-15-16-4-10(13,14)8-6(2)18-8/h5-8,11-14H,3-4H2,1-2H3. The summed E-state index contributed by atoms with van der Waals surface area (Å²) in [5.41, 5.74) is 0. The molecule has 0 bridgehead atoms. The normalized spacial score (nSPS) is 35.7. The molecular formula is C10H18S8. The van der Waals surface area contributed by atoms with Gasteiger partial charge in [-0.05, 0) is 0 Å². The molecule has 0 radical (unpaired) electrons. The smallest absolute Gasteiger partial charge is 0.0778 e. The highest BCUT2D eigenvalue weighted by Gasteiger charge is 2.49. The van der Waals surface area contributed by atoms with Crippen molar-refractivity contribution in [2.24, 2.45) is 0 Å². The Bertz CT molecular complexity index is 274. The average Bonchev–Trinajstić information content (AvgIpc) is 3.12. The van der Waals surface area contributed by atoms with Crippen molar-refractivity contribution in [3.05, 3.63) is 0 Å². The number of hydrogen-bond donors (Lipinski definition) is 4. The molecule has 8 heteroatoms. The molecule has 2 rings (SSSR count). The van der Waals surface area contributed by atoms with Gasteiger partial charge in [-0.1, -0.05) is 35.4 Å². The molecule has 0 aromatic rings. The minimum Gasteiger partial charge on any atom is -0.160 e. The molecule has 106 valence electrons. The van der Waals surface area contributed by atoms with Gasteiger partial charge >= 0.3 is 0 Å². The maximum atomic E-state index is 4.68. The Labute approximate surface area is 149 Å². The Morgan fingerprint density at radius 2 is 1.11 bits per heavy atom.